The quantitative estimate of drug-likeness (QED) is 0.801. The average molecular weight is 277 g/mol. The highest BCUT2D eigenvalue weighted by atomic mass is 16.5. The van der Waals surface area contributed by atoms with Gasteiger partial charge >= 0.3 is 0 Å². The van der Waals surface area contributed by atoms with Crippen LogP contribution in [0.2, 0.25) is 0 Å². The van der Waals surface area contributed by atoms with E-state index in [1.165, 1.54) is 18.4 Å². The van der Waals surface area contributed by atoms with E-state index in [9.17, 15) is 0 Å². The fraction of sp³-hybridized carbons (Fsp3) is 0.750. The number of nitrogens with zero attached hydrogens (tertiary/aromatic N) is 3. The molecule has 0 atom stereocenters. The third kappa shape index (κ3) is 4.53. The Balaban J connectivity index is 1.75. The highest BCUT2D eigenvalue weighted by molar-refractivity contribution is 5.12. The lowest BCUT2D eigenvalue weighted by molar-refractivity contribution is 0.0536. The van der Waals surface area contributed by atoms with Crippen molar-refractivity contribution in [1.82, 2.24) is 14.9 Å². The summed E-state index contributed by atoms with van der Waals surface area (Å²) in [6.45, 7) is 10.5. The lowest BCUT2D eigenvalue weighted by Crippen LogP contribution is -2.35. The summed E-state index contributed by atoms with van der Waals surface area (Å²) in [5.74, 6) is 1.57. The molecule has 0 N–H and O–H groups in total. The van der Waals surface area contributed by atoms with Crippen LogP contribution in [0.1, 0.15) is 50.9 Å². The van der Waals surface area contributed by atoms with Crippen molar-refractivity contribution >= 4 is 0 Å². The van der Waals surface area contributed by atoms with Gasteiger partial charge < -0.3 is 9.64 Å². The molecule has 1 aromatic heterocycles. The first-order chi connectivity index (χ1) is 9.69. The van der Waals surface area contributed by atoms with Gasteiger partial charge in [0.15, 0.2) is 0 Å². The predicted octanol–water partition coefficient (Wildman–Crippen LogP) is 2.64. The number of hydrogen-bond acceptors (Lipinski definition) is 4. The molecule has 1 fully saturated rings. The molecule has 4 nitrogen and oxygen atoms in total. The Hall–Kier alpha value is -1.00. The Morgan fingerprint density at radius 2 is 1.90 bits per heavy atom. The van der Waals surface area contributed by atoms with E-state index in [-0.39, 0.29) is 0 Å². The highest BCUT2D eigenvalue weighted by Gasteiger charge is 2.20. The Bertz CT molecular complexity index is 383. The van der Waals surface area contributed by atoms with Gasteiger partial charge in [-0.05, 0) is 51.3 Å². The zero-order valence-electron chi connectivity index (χ0n) is 13.0. The van der Waals surface area contributed by atoms with E-state index in [2.05, 4.69) is 35.6 Å². The Labute approximate surface area is 122 Å². The molecule has 1 aliphatic rings. The molecule has 4 heteroatoms. The van der Waals surface area contributed by atoms with Crippen LogP contribution in [0.4, 0.5) is 0 Å². The van der Waals surface area contributed by atoms with Gasteiger partial charge in [0.05, 0.1) is 12.7 Å². The maximum absolute atomic E-state index is 5.62. The predicted molar refractivity (Wildman–Crippen MR) is 80.9 cm³/mol. The molecular weight excluding hydrogens is 250 g/mol. The molecule has 2 rings (SSSR count). The largest absolute Gasteiger partial charge is 0.377 e. The second-order valence-corrected chi connectivity index (χ2v) is 5.82. The minimum Gasteiger partial charge on any atom is -0.377 e. The van der Waals surface area contributed by atoms with Crippen LogP contribution in [0.5, 0.6) is 0 Å². The number of rotatable bonds is 6. The maximum atomic E-state index is 5.62. The summed E-state index contributed by atoms with van der Waals surface area (Å²) in [7, 11) is 0. The lowest BCUT2D eigenvalue weighted by atomic mass is 9.91. The molecule has 0 spiro atoms. The Morgan fingerprint density at radius 1 is 1.25 bits per heavy atom. The third-order valence-electron chi connectivity index (χ3n) is 3.96. The Morgan fingerprint density at radius 3 is 2.45 bits per heavy atom. The van der Waals surface area contributed by atoms with E-state index in [1.54, 1.807) is 0 Å². The van der Waals surface area contributed by atoms with Gasteiger partial charge in [-0.25, -0.2) is 9.97 Å². The first-order valence-electron chi connectivity index (χ1n) is 7.83. The summed E-state index contributed by atoms with van der Waals surface area (Å²) in [6, 6.07) is 0. The average Bonchev–Trinajstić information content (AvgIpc) is 2.48. The zero-order valence-corrected chi connectivity index (χ0v) is 13.0. The van der Waals surface area contributed by atoms with Gasteiger partial charge in [-0.2, -0.15) is 0 Å². The smallest absolute Gasteiger partial charge is 0.127 e. The fourth-order valence-electron chi connectivity index (χ4n) is 2.67. The molecule has 0 bridgehead atoms. The van der Waals surface area contributed by atoms with Crippen molar-refractivity contribution in [1.29, 1.82) is 0 Å². The van der Waals surface area contributed by atoms with Crippen LogP contribution < -0.4 is 0 Å². The number of aryl methyl sites for hydroxylation is 1. The van der Waals surface area contributed by atoms with Gasteiger partial charge in [-0.15, -0.1) is 0 Å². The lowest BCUT2D eigenvalue weighted by Gasteiger charge is -2.32. The van der Waals surface area contributed by atoms with Gasteiger partial charge in [0.2, 0.25) is 0 Å². The summed E-state index contributed by atoms with van der Waals surface area (Å²) >= 11 is 0. The molecular formula is C16H27N3O. The second kappa shape index (κ2) is 7.70. The van der Waals surface area contributed by atoms with Crippen molar-refractivity contribution in [2.45, 2.75) is 52.1 Å². The van der Waals surface area contributed by atoms with Crippen molar-refractivity contribution in [3.05, 3.63) is 23.8 Å². The molecule has 1 saturated heterocycles. The molecule has 20 heavy (non-hydrogen) atoms. The number of likely N-dealkylation sites (tertiary alicyclic amines) is 1. The van der Waals surface area contributed by atoms with Gasteiger partial charge in [0.1, 0.15) is 5.82 Å². The molecule has 1 aliphatic heterocycles. The van der Waals surface area contributed by atoms with Gasteiger partial charge in [0.25, 0.3) is 0 Å². The van der Waals surface area contributed by atoms with Crippen molar-refractivity contribution in [3.8, 4) is 0 Å². The molecule has 0 radical (unpaired) electrons. The van der Waals surface area contributed by atoms with Crippen molar-refractivity contribution < 1.29 is 4.74 Å². The summed E-state index contributed by atoms with van der Waals surface area (Å²) in [5.41, 5.74) is 1.31. The standard InChI is InChI=1S/C16H27N3O/c1-4-16-17-11-15(12-18-16)14-5-7-19(8-6-14)9-10-20-13(2)3/h11-14H,4-10H2,1-3H3. The molecule has 1 aromatic rings. The van der Waals surface area contributed by atoms with Crippen LogP contribution >= 0.6 is 0 Å². The monoisotopic (exact) mass is 277 g/mol. The molecule has 112 valence electrons. The van der Waals surface area contributed by atoms with E-state index in [0.29, 0.717) is 12.0 Å². The molecule has 0 aliphatic carbocycles. The number of piperidine rings is 1. The van der Waals surface area contributed by atoms with Gasteiger partial charge in [0, 0.05) is 25.4 Å². The minimum atomic E-state index is 0.335. The summed E-state index contributed by atoms with van der Waals surface area (Å²) in [5, 5.41) is 0. The molecule has 2 heterocycles. The Kier molecular flexibility index (Phi) is 5.92. The van der Waals surface area contributed by atoms with E-state index in [4.69, 9.17) is 4.74 Å². The molecule has 0 aromatic carbocycles. The van der Waals surface area contributed by atoms with E-state index < -0.39 is 0 Å². The SMILES string of the molecule is CCc1ncc(C2CCN(CCOC(C)C)CC2)cn1. The summed E-state index contributed by atoms with van der Waals surface area (Å²) < 4.78 is 5.62. The fourth-order valence-corrected chi connectivity index (χ4v) is 2.67. The van der Waals surface area contributed by atoms with Crippen LogP contribution in [0, 0.1) is 0 Å². The van der Waals surface area contributed by atoms with Gasteiger partial charge in [-0.3, -0.25) is 0 Å². The number of aromatic nitrogens is 2. The van der Waals surface area contributed by atoms with E-state index in [0.717, 1.165) is 38.5 Å². The van der Waals surface area contributed by atoms with E-state index in [1.807, 2.05) is 12.4 Å². The molecule has 0 unspecified atom stereocenters. The van der Waals surface area contributed by atoms with Crippen LogP contribution in [0.3, 0.4) is 0 Å². The van der Waals surface area contributed by atoms with Crippen LogP contribution in [-0.4, -0.2) is 47.2 Å². The van der Waals surface area contributed by atoms with Crippen LogP contribution in [-0.2, 0) is 11.2 Å². The highest BCUT2D eigenvalue weighted by Crippen LogP contribution is 2.26. The summed E-state index contributed by atoms with van der Waals surface area (Å²) in [6.07, 6.45) is 7.70. The second-order valence-electron chi connectivity index (χ2n) is 5.82. The molecule has 0 amide bonds. The maximum Gasteiger partial charge on any atom is 0.127 e. The normalized spacial score (nSPS) is 17.8. The first kappa shape index (κ1) is 15.4. The van der Waals surface area contributed by atoms with E-state index >= 15 is 0 Å². The zero-order chi connectivity index (χ0) is 14.4. The van der Waals surface area contributed by atoms with Crippen molar-refractivity contribution in [2.75, 3.05) is 26.2 Å². The number of hydrogen-bond donors (Lipinski definition) is 0. The summed E-state index contributed by atoms with van der Waals surface area (Å²) in [4.78, 5) is 11.3. The molecule has 0 saturated carbocycles. The van der Waals surface area contributed by atoms with Crippen molar-refractivity contribution in [3.63, 3.8) is 0 Å². The van der Waals surface area contributed by atoms with Crippen LogP contribution in [0.25, 0.3) is 0 Å². The van der Waals surface area contributed by atoms with Gasteiger partial charge in [-0.1, -0.05) is 6.92 Å². The minimum absolute atomic E-state index is 0.335. The topological polar surface area (TPSA) is 38.2 Å². The van der Waals surface area contributed by atoms with Crippen molar-refractivity contribution in [2.24, 2.45) is 0 Å². The number of ether oxygens (including phenoxy) is 1. The van der Waals surface area contributed by atoms with Crippen LogP contribution in [0.15, 0.2) is 12.4 Å². The third-order valence-corrected chi connectivity index (χ3v) is 3.96. The first-order valence-corrected chi connectivity index (χ1v) is 7.83.